The van der Waals surface area contributed by atoms with Crippen molar-refractivity contribution in [3.05, 3.63) is 34.9 Å². The molecule has 2 fully saturated rings. The second kappa shape index (κ2) is 6.66. The molecule has 21 heavy (non-hydrogen) atoms. The minimum atomic E-state index is 0.477. The van der Waals surface area contributed by atoms with E-state index in [0.29, 0.717) is 5.41 Å². The topological polar surface area (TPSA) is 18.5 Å². The first-order valence-corrected chi connectivity index (χ1v) is 8.41. The Hall–Kier alpha value is -0.610. The van der Waals surface area contributed by atoms with Gasteiger partial charge in [-0.05, 0) is 30.0 Å². The Kier molecular flexibility index (Phi) is 4.85. The van der Waals surface area contributed by atoms with Crippen molar-refractivity contribution in [1.29, 1.82) is 0 Å². The summed E-state index contributed by atoms with van der Waals surface area (Å²) < 4.78 is 0. The Bertz CT molecular complexity index is 463. The molecule has 1 aromatic rings. The zero-order valence-electron chi connectivity index (χ0n) is 12.9. The predicted octanol–water partition coefficient (Wildman–Crippen LogP) is 2.46. The molecule has 0 aliphatic carbocycles. The molecule has 2 saturated heterocycles. The molecule has 1 N–H and O–H groups in total. The molecule has 1 atom stereocenters. The van der Waals surface area contributed by atoms with Gasteiger partial charge in [0.15, 0.2) is 0 Å². The van der Waals surface area contributed by atoms with E-state index in [1.807, 2.05) is 12.1 Å². The number of hydrogen-bond donors (Lipinski definition) is 1. The van der Waals surface area contributed by atoms with E-state index < -0.39 is 0 Å². The first-order valence-electron chi connectivity index (χ1n) is 8.04. The van der Waals surface area contributed by atoms with Gasteiger partial charge >= 0.3 is 0 Å². The van der Waals surface area contributed by atoms with E-state index in [0.717, 1.165) is 24.7 Å². The van der Waals surface area contributed by atoms with Crippen molar-refractivity contribution < 1.29 is 0 Å². The zero-order chi connectivity index (χ0) is 14.7. The Morgan fingerprint density at radius 2 is 1.86 bits per heavy atom. The second-order valence-electron chi connectivity index (χ2n) is 6.88. The third-order valence-electron chi connectivity index (χ3n) is 4.88. The number of nitrogens with zero attached hydrogens (tertiary/aromatic N) is 2. The van der Waals surface area contributed by atoms with Crippen molar-refractivity contribution in [3.63, 3.8) is 0 Å². The Labute approximate surface area is 133 Å². The number of rotatable bonds is 4. The van der Waals surface area contributed by atoms with Crippen LogP contribution in [0.15, 0.2) is 24.3 Å². The van der Waals surface area contributed by atoms with Crippen LogP contribution in [0, 0.1) is 5.41 Å². The number of piperazine rings is 1. The van der Waals surface area contributed by atoms with Crippen LogP contribution in [0.25, 0.3) is 0 Å². The molecule has 0 bridgehead atoms. The average molecular weight is 308 g/mol. The Balaban J connectivity index is 1.48. The summed E-state index contributed by atoms with van der Waals surface area (Å²) in [6, 6.07) is 8.20. The fourth-order valence-corrected chi connectivity index (χ4v) is 3.71. The minimum absolute atomic E-state index is 0.477. The van der Waals surface area contributed by atoms with E-state index in [1.165, 1.54) is 44.7 Å². The van der Waals surface area contributed by atoms with Gasteiger partial charge in [-0.1, -0.05) is 36.7 Å². The molecule has 0 saturated carbocycles. The van der Waals surface area contributed by atoms with E-state index in [2.05, 4.69) is 34.2 Å². The van der Waals surface area contributed by atoms with E-state index >= 15 is 0 Å². The van der Waals surface area contributed by atoms with E-state index in [4.69, 9.17) is 11.6 Å². The van der Waals surface area contributed by atoms with Crippen LogP contribution in [0.1, 0.15) is 18.9 Å². The van der Waals surface area contributed by atoms with Crippen LogP contribution >= 0.6 is 11.6 Å². The predicted molar refractivity (Wildman–Crippen MR) is 88.8 cm³/mol. The maximum Gasteiger partial charge on any atom is 0.0451 e. The molecule has 116 valence electrons. The fraction of sp³-hybridized carbons (Fsp3) is 0.647. The molecule has 0 spiro atoms. The maximum absolute atomic E-state index is 6.26. The molecule has 0 radical (unpaired) electrons. The van der Waals surface area contributed by atoms with Gasteiger partial charge in [0.05, 0.1) is 0 Å². The third-order valence-corrected chi connectivity index (χ3v) is 5.25. The number of hydrogen-bond acceptors (Lipinski definition) is 3. The molecule has 1 unspecified atom stereocenters. The van der Waals surface area contributed by atoms with Crippen LogP contribution in [0.4, 0.5) is 0 Å². The van der Waals surface area contributed by atoms with Crippen LogP contribution < -0.4 is 5.32 Å². The van der Waals surface area contributed by atoms with Crippen LogP contribution in [-0.4, -0.2) is 55.6 Å². The molecule has 0 amide bonds. The Morgan fingerprint density at radius 3 is 2.52 bits per heavy atom. The summed E-state index contributed by atoms with van der Waals surface area (Å²) in [4.78, 5) is 5.16. The summed E-state index contributed by atoms with van der Waals surface area (Å²) in [5.74, 6) is 0. The van der Waals surface area contributed by atoms with E-state index in [1.54, 1.807) is 0 Å². The smallest absolute Gasteiger partial charge is 0.0451 e. The summed E-state index contributed by atoms with van der Waals surface area (Å²) in [5.41, 5.74) is 1.73. The lowest BCUT2D eigenvalue weighted by molar-refractivity contribution is 0.0933. The lowest BCUT2D eigenvalue weighted by atomic mass is 9.89. The van der Waals surface area contributed by atoms with Crippen molar-refractivity contribution in [3.8, 4) is 0 Å². The largest absolute Gasteiger partial charge is 0.316 e. The van der Waals surface area contributed by atoms with E-state index in [-0.39, 0.29) is 0 Å². The SMILES string of the molecule is CC1(CN2CCN(Cc3ccccc3Cl)CC2)CCNC1. The van der Waals surface area contributed by atoms with Crippen molar-refractivity contribution in [2.45, 2.75) is 19.9 Å². The van der Waals surface area contributed by atoms with Crippen molar-refractivity contribution in [1.82, 2.24) is 15.1 Å². The van der Waals surface area contributed by atoms with Gasteiger partial charge < -0.3 is 10.2 Å². The normalized spacial score (nSPS) is 28.1. The number of nitrogens with one attached hydrogen (secondary N) is 1. The van der Waals surface area contributed by atoms with Crippen LogP contribution in [0.5, 0.6) is 0 Å². The van der Waals surface area contributed by atoms with Gasteiger partial charge in [-0.15, -0.1) is 0 Å². The van der Waals surface area contributed by atoms with Crippen molar-refractivity contribution in [2.75, 3.05) is 45.8 Å². The molecule has 0 aromatic heterocycles. The zero-order valence-corrected chi connectivity index (χ0v) is 13.7. The van der Waals surface area contributed by atoms with Gasteiger partial charge in [0.25, 0.3) is 0 Å². The summed E-state index contributed by atoms with van der Waals surface area (Å²) in [6.07, 6.45) is 1.31. The highest BCUT2D eigenvalue weighted by Gasteiger charge is 2.31. The summed E-state index contributed by atoms with van der Waals surface area (Å²) >= 11 is 6.26. The molecular weight excluding hydrogens is 282 g/mol. The number of halogens is 1. The summed E-state index contributed by atoms with van der Waals surface area (Å²) in [6.45, 7) is 11.6. The highest BCUT2D eigenvalue weighted by atomic mass is 35.5. The second-order valence-corrected chi connectivity index (χ2v) is 7.29. The van der Waals surface area contributed by atoms with Gasteiger partial charge in [-0.25, -0.2) is 0 Å². The van der Waals surface area contributed by atoms with E-state index in [9.17, 15) is 0 Å². The molecule has 3 rings (SSSR count). The first kappa shape index (κ1) is 15.3. The van der Waals surface area contributed by atoms with Crippen molar-refractivity contribution >= 4 is 11.6 Å². The molecule has 2 aliphatic heterocycles. The first-order chi connectivity index (χ1) is 10.1. The molecule has 3 nitrogen and oxygen atoms in total. The molecular formula is C17H26ClN3. The lowest BCUT2D eigenvalue weighted by Gasteiger charge is -2.38. The summed E-state index contributed by atoms with van der Waals surface area (Å²) in [5, 5.41) is 4.39. The number of benzene rings is 1. The fourth-order valence-electron chi connectivity index (χ4n) is 3.52. The lowest BCUT2D eigenvalue weighted by Crippen LogP contribution is -2.49. The minimum Gasteiger partial charge on any atom is -0.316 e. The molecule has 2 heterocycles. The molecule has 4 heteroatoms. The average Bonchev–Trinajstić information content (AvgIpc) is 2.90. The van der Waals surface area contributed by atoms with Crippen LogP contribution in [0.2, 0.25) is 5.02 Å². The quantitative estimate of drug-likeness (QED) is 0.922. The van der Waals surface area contributed by atoms with Crippen LogP contribution in [-0.2, 0) is 6.54 Å². The van der Waals surface area contributed by atoms with Gasteiger partial charge in [0, 0.05) is 50.8 Å². The van der Waals surface area contributed by atoms with Gasteiger partial charge in [-0.2, -0.15) is 0 Å². The van der Waals surface area contributed by atoms with Gasteiger partial charge in [0.2, 0.25) is 0 Å². The highest BCUT2D eigenvalue weighted by Crippen LogP contribution is 2.26. The third kappa shape index (κ3) is 3.98. The summed E-state index contributed by atoms with van der Waals surface area (Å²) in [7, 11) is 0. The van der Waals surface area contributed by atoms with Crippen LogP contribution in [0.3, 0.4) is 0 Å². The van der Waals surface area contributed by atoms with Gasteiger partial charge in [-0.3, -0.25) is 4.90 Å². The maximum atomic E-state index is 6.26. The molecule has 2 aliphatic rings. The Morgan fingerprint density at radius 1 is 1.14 bits per heavy atom. The standard InChI is InChI=1S/C17H26ClN3/c1-17(6-7-19-13-17)14-21-10-8-20(9-11-21)12-15-4-2-3-5-16(15)18/h2-5,19H,6-14H2,1H3. The van der Waals surface area contributed by atoms with Gasteiger partial charge in [0.1, 0.15) is 0 Å². The molecule has 1 aromatic carbocycles. The van der Waals surface area contributed by atoms with Crippen molar-refractivity contribution in [2.24, 2.45) is 5.41 Å². The highest BCUT2D eigenvalue weighted by molar-refractivity contribution is 6.31. The monoisotopic (exact) mass is 307 g/mol.